The molecule has 0 saturated carbocycles. The van der Waals surface area contributed by atoms with Crippen LogP contribution in [0.1, 0.15) is 252 Å². The maximum atomic E-state index is 12.8. The smallest absolute Gasteiger partial charge is 0.306 e. The number of allylic oxidation sites excluding steroid dienone is 14. The first-order chi connectivity index (χ1) is 32.0. The van der Waals surface area contributed by atoms with Crippen molar-refractivity contribution >= 4 is 17.9 Å². The van der Waals surface area contributed by atoms with E-state index in [0.717, 1.165) is 77.0 Å². The molecule has 0 aromatic heterocycles. The molecule has 0 radical (unpaired) electrons. The SMILES string of the molecule is CCCCC/C=C\C/C=C\C/C=C\C/C=C\C/C=C\CCC(=O)O[C@H](COC(=O)CCCCCCCCC/C=C\C/C=C\CCCCC)COC(=O)CCCCCCCCCCCCC. The number of carbonyl (C=O) groups excluding carboxylic acids is 3. The minimum absolute atomic E-state index is 0.107. The summed E-state index contributed by atoms with van der Waals surface area (Å²) in [6.45, 7) is 6.51. The highest BCUT2D eigenvalue weighted by Crippen LogP contribution is 2.14. The van der Waals surface area contributed by atoms with Crippen molar-refractivity contribution < 1.29 is 28.6 Å². The van der Waals surface area contributed by atoms with Crippen molar-refractivity contribution in [3.8, 4) is 0 Å². The summed E-state index contributed by atoms with van der Waals surface area (Å²) in [5, 5.41) is 0. The van der Waals surface area contributed by atoms with Gasteiger partial charge in [-0.05, 0) is 89.9 Å². The second kappa shape index (κ2) is 53.2. The van der Waals surface area contributed by atoms with Gasteiger partial charge < -0.3 is 14.2 Å². The van der Waals surface area contributed by atoms with Crippen molar-refractivity contribution in [2.24, 2.45) is 0 Å². The summed E-state index contributed by atoms with van der Waals surface area (Å²) in [7, 11) is 0. The number of ether oxygens (including phenoxy) is 3. The number of hydrogen-bond acceptors (Lipinski definition) is 6. The fraction of sp³-hybridized carbons (Fsp3) is 0.712. The van der Waals surface area contributed by atoms with Crippen LogP contribution in [0.4, 0.5) is 0 Å². The summed E-state index contributed by atoms with van der Waals surface area (Å²) >= 11 is 0. The maximum Gasteiger partial charge on any atom is 0.306 e. The number of carbonyl (C=O) groups is 3. The van der Waals surface area contributed by atoms with Crippen molar-refractivity contribution in [3.63, 3.8) is 0 Å². The molecule has 0 heterocycles. The van der Waals surface area contributed by atoms with Crippen LogP contribution in [0.5, 0.6) is 0 Å². The van der Waals surface area contributed by atoms with Gasteiger partial charge >= 0.3 is 17.9 Å². The normalized spacial score (nSPS) is 12.7. The van der Waals surface area contributed by atoms with Gasteiger partial charge in [-0.3, -0.25) is 14.4 Å². The first kappa shape index (κ1) is 61.6. The predicted molar refractivity (Wildman–Crippen MR) is 279 cm³/mol. The molecule has 0 rings (SSSR count). The zero-order valence-electron chi connectivity index (χ0n) is 42.5. The summed E-state index contributed by atoms with van der Waals surface area (Å²) < 4.78 is 16.7. The highest BCUT2D eigenvalue weighted by atomic mass is 16.6. The lowest BCUT2D eigenvalue weighted by Gasteiger charge is -2.18. The summed E-state index contributed by atoms with van der Waals surface area (Å²) in [6, 6.07) is 0. The van der Waals surface area contributed by atoms with Crippen LogP contribution in [0.2, 0.25) is 0 Å². The van der Waals surface area contributed by atoms with Crippen LogP contribution in [0.15, 0.2) is 85.1 Å². The van der Waals surface area contributed by atoms with E-state index < -0.39 is 12.1 Å². The van der Waals surface area contributed by atoms with E-state index in [0.29, 0.717) is 19.3 Å². The lowest BCUT2D eigenvalue weighted by Crippen LogP contribution is -2.30. The molecule has 0 aromatic rings. The van der Waals surface area contributed by atoms with Crippen molar-refractivity contribution in [3.05, 3.63) is 85.1 Å². The van der Waals surface area contributed by atoms with Gasteiger partial charge in [0.1, 0.15) is 13.2 Å². The van der Waals surface area contributed by atoms with Gasteiger partial charge in [-0.2, -0.15) is 0 Å². The fourth-order valence-corrected chi connectivity index (χ4v) is 7.28. The van der Waals surface area contributed by atoms with Crippen molar-refractivity contribution in [1.82, 2.24) is 0 Å². The van der Waals surface area contributed by atoms with Gasteiger partial charge in [0, 0.05) is 19.3 Å². The monoisotopic (exact) mass is 905 g/mol. The second-order valence-electron chi connectivity index (χ2n) is 17.8. The molecule has 0 saturated heterocycles. The van der Waals surface area contributed by atoms with Crippen LogP contribution >= 0.6 is 0 Å². The van der Waals surface area contributed by atoms with Crippen LogP contribution in [-0.4, -0.2) is 37.2 Å². The Kier molecular flexibility index (Phi) is 50.4. The highest BCUT2D eigenvalue weighted by molar-refractivity contribution is 5.71. The van der Waals surface area contributed by atoms with Gasteiger partial charge in [0.15, 0.2) is 6.10 Å². The largest absolute Gasteiger partial charge is 0.462 e. The van der Waals surface area contributed by atoms with Gasteiger partial charge in [-0.15, -0.1) is 0 Å². The Bertz CT molecular complexity index is 1270. The first-order valence-electron chi connectivity index (χ1n) is 27.1. The van der Waals surface area contributed by atoms with Crippen LogP contribution in [0.25, 0.3) is 0 Å². The quantitative estimate of drug-likeness (QED) is 0.0262. The Hall–Kier alpha value is -3.41. The van der Waals surface area contributed by atoms with Gasteiger partial charge in [-0.1, -0.05) is 228 Å². The van der Waals surface area contributed by atoms with E-state index >= 15 is 0 Å². The Balaban J connectivity index is 4.49. The second-order valence-corrected chi connectivity index (χ2v) is 17.8. The maximum absolute atomic E-state index is 12.8. The molecule has 0 amide bonds. The molecule has 6 nitrogen and oxygen atoms in total. The average molecular weight is 905 g/mol. The fourth-order valence-electron chi connectivity index (χ4n) is 7.28. The third-order valence-electron chi connectivity index (χ3n) is 11.4. The zero-order valence-corrected chi connectivity index (χ0v) is 42.5. The Labute approximate surface area is 401 Å². The van der Waals surface area contributed by atoms with Gasteiger partial charge in [-0.25, -0.2) is 0 Å². The molecule has 6 heteroatoms. The molecule has 0 aliphatic carbocycles. The van der Waals surface area contributed by atoms with Gasteiger partial charge in [0.25, 0.3) is 0 Å². The average Bonchev–Trinajstić information content (AvgIpc) is 3.30. The molecule has 0 fully saturated rings. The highest BCUT2D eigenvalue weighted by Gasteiger charge is 2.19. The number of esters is 3. The molecule has 0 N–H and O–H groups in total. The molecule has 372 valence electrons. The zero-order chi connectivity index (χ0) is 47.2. The van der Waals surface area contributed by atoms with Crippen LogP contribution in [0, 0.1) is 0 Å². The van der Waals surface area contributed by atoms with E-state index in [1.807, 2.05) is 6.08 Å². The van der Waals surface area contributed by atoms with E-state index in [-0.39, 0.29) is 31.6 Å². The minimum atomic E-state index is -0.817. The predicted octanol–water partition coefficient (Wildman–Crippen LogP) is 18.0. The summed E-state index contributed by atoms with van der Waals surface area (Å²) in [4.78, 5) is 38.0. The third-order valence-corrected chi connectivity index (χ3v) is 11.4. The number of rotatable bonds is 48. The van der Waals surface area contributed by atoms with Crippen molar-refractivity contribution in [2.45, 2.75) is 258 Å². The first-order valence-corrected chi connectivity index (χ1v) is 27.1. The molecule has 0 spiro atoms. The Morgan fingerprint density at radius 1 is 0.308 bits per heavy atom. The lowest BCUT2D eigenvalue weighted by molar-refractivity contribution is -0.166. The topological polar surface area (TPSA) is 78.9 Å². The molecule has 0 bridgehead atoms. The van der Waals surface area contributed by atoms with E-state index in [1.54, 1.807) is 0 Å². The lowest BCUT2D eigenvalue weighted by atomic mass is 10.1. The van der Waals surface area contributed by atoms with Gasteiger partial charge in [0.2, 0.25) is 0 Å². The molecule has 0 aromatic carbocycles. The van der Waals surface area contributed by atoms with E-state index in [4.69, 9.17) is 14.2 Å². The molecule has 1 atom stereocenters. The van der Waals surface area contributed by atoms with E-state index in [9.17, 15) is 14.4 Å². The summed E-state index contributed by atoms with van der Waals surface area (Å²) in [5.74, 6) is -0.998. The number of unbranched alkanes of at least 4 members (excludes halogenated alkanes) is 23. The van der Waals surface area contributed by atoms with Crippen LogP contribution in [-0.2, 0) is 28.6 Å². The molecule has 65 heavy (non-hydrogen) atoms. The van der Waals surface area contributed by atoms with Crippen LogP contribution < -0.4 is 0 Å². The van der Waals surface area contributed by atoms with Crippen molar-refractivity contribution in [2.75, 3.05) is 13.2 Å². The molecule has 0 aliphatic rings. The molecule has 0 unspecified atom stereocenters. The minimum Gasteiger partial charge on any atom is -0.462 e. The van der Waals surface area contributed by atoms with Gasteiger partial charge in [0.05, 0.1) is 0 Å². The Morgan fingerprint density at radius 3 is 0.954 bits per heavy atom. The van der Waals surface area contributed by atoms with Crippen molar-refractivity contribution in [1.29, 1.82) is 0 Å². The molecular formula is C59H100O6. The summed E-state index contributed by atoms with van der Waals surface area (Å²) in [6.07, 6.45) is 68.6. The van der Waals surface area contributed by atoms with E-state index in [2.05, 4.69) is 99.8 Å². The molecule has 0 aliphatic heterocycles. The Morgan fingerprint density at radius 2 is 0.585 bits per heavy atom. The standard InChI is InChI=1S/C59H100O6/c1-4-7-10-13-16-19-22-24-26-28-29-31-33-35-38-41-44-47-50-53-59(62)65-56(54-63-57(60)51-48-45-42-39-36-21-18-15-12-9-6-3)55-64-58(61)52-49-46-43-40-37-34-32-30-27-25-23-20-17-14-11-8-5-2/h16-17,19-20,24-27,29,31,35,38,44,47,56H,4-15,18,21-23,28,30,32-34,36-37,39-43,45-46,48-55H2,1-3H3/b19-16-,20-17-,26-24-,27-25-,31-29-,38-35-,47-44-/t56-/m0/s1. The molecular weight excluding hydrogens is 805 g/mol. The summed E-state index contributed by atoms with van der Waals surface area (Å²) in [5.41, 5.74) is 0. The third kappa shape index (κ3) is 51.4. The van der Waals surface area contributed by atoms with Crippen LogP contribution in [0.3, 0.4) is 0 Å². The number of hydrogen-bond donors (Lipinski definition) is 0. The van der Waals surface area contributed by atoms with E-state index in [1.165, 1.54) is 128 Å².